The number of hydrogen-bond acceptors (Lipinski definition) is 1. The Morgan fingerprint density at radius 2 is 1.43 bits per heavy atom. The minimum Gasteiger partial charge on any atom is -0.351 e. The first kappa shape index (κ1) is 31.9. The molecule has 0 rings (SSSR count). The molecule has 0 amide bonds. The standard InChI is InChI=1S/C5H12.C4H11N2.C4H10N2.C2H7N.CH3/c1-5(2,3)4;1-4-6(3)5-2;1-4(5-2)6-3;1-3-2;/h1-4H3;4-5H,1-3H3;1-3H3,(H,5,6);3H,1-2H3;1H3/q;+1;;;+1/p+2/b;6-4+;;;. The molecule has 0 saturated heterocycles. The van der Waals surface area contributed by atoms with Gasteiger partial charge in [-0.05, 0) is 5.41 Å². The number of hydrogen-bond donors (Lipinski definition) is 4. The van der Waals surface area contributed by atoms with Gasteiger partial charge in [0.2, 0.25) is 5.84 Å². The summed E-state index contributed by atoms with van der Waals surface area (Å²) in [6.07, 6.45) is 1.94. The molecule has 0 radical (unpaired) electrons. The zero-order valence-corrected chi connectivity index (χ0v) is 17.1. The lowest BCUT2D eigenvalue weighted by Gasteiger charge is -2.05. The summed E-state index contributed by atoms with van der Waals surface area (Å²) in [4.78, 5) is 2.92. The van der Waals surface area contributed by atoms with Crippen LogP contribution in [0.2, 0.25) is 0 Å². The normalized spacial score (nSPS) is 10.3. The number of nitrogens with one attached hydrogen (secondary N) is 3. The van der Waals surface area contributed by atoms with Crippen molar-refractivity contribution in [1.82, 2.24) is 10.7 Å². The lowest BCUT2D eigenvalue weighted by Crippen LogP contribution is -2.74. The van der Waals surface area contributed by atoms with Gasteiger partial charge >= 0.3 is 0 Å². The topological polar surface area (TPSA) is 57.6 Å². The predicted octanol–water partition coefficient (Wildman–Crippen LogP) is -0.500. The average molecular weight is 308 g/mol. The summed E-state index contributed by atoms with van der Waals surface area (Å²) >= 11 is 0. The Kier molecular flexibility index (Phi) is 36.2. The number of amidine groups is 1. The van der Waals surface area contributed by atoms with Gasteiger partial charge in [0.25, 0.3) is 0 Å². The highest BCUT2D eigenvalue weighted by Gasteiger charge is 1.95. The van der Waals surface area contributed by atoms with Gasteiger partial charge in [0.15, 0.2) is 13.3 Å². The largest absolute Gasteiger partial charge is 0.351 e. The molecule has 5 nitrogen and oxygen atoms in total. The second-order valence-corrected chi connectivity index (χ2v) is 5.80. The van der Waals surface area contributed by atoms with E-state index in [-0.39, 0.29) is 7.43 Å². The van der Waals surface area contributed by atoms with Gasteiger partial charge < -0.3 is 5.32 Å². The average Bonchev–Trinajstić information content (AvgIpc) is 2.36. The second kappa shape index (κ2) is 23.8. The summed E-state index contributed by atoms with van der Waals surface area (Å²) in [5.41, 5.74) is 3.39. The van der Waals surface area contributed by atoms with E-state index in [2.05, 4.69) is 43.4 Å². The molecule has 0 atom stereocenters. The molecule has 0 bridgehead atoms. The highest BCUT2D eigenvalue weighted by Crippen LogP contribution is 2.07. The molecule has 0 heterocycles. The molecule has 0 aromatic heterocycles. The van der Waals surface area contributed by atoms with E-state index < -0.39 is 0 Å². The quantitative estimate of drug-likeness (QED) is 0.174. The maximum atomic E-state index is 2.92. The fraction of sp³-hybridized carbons (Fsp3) is 0.812. The molecule has 0 saturated carbocycles. The number of nitrogens with zero attached hydrogens (tertiary/aromatic N) is 1. The van der Waals surface area contributed by atoms with Crippen molar-refractivity contribution in [2.24, 2.45) is 5.41 Å². The van der Waals surface area contributed by atoms with Gasteiger partial charge in [-0.2, -0.15) is 0 Å². The monoisotopic (exact) mass is 307 g/mol. The third kappa shape index (κ3) is 115. The number of rotatable bonds is 1. The molecule has 0 aliphatic carbocycles. The molecule has 5 heteroatoms. The Morgan fingerprint density at radius 3 is 1.43 bits per heavy atom. The van der Waals surface area contributed by atoms with Crippen molar-refractivity contribution in [3.63, 3.8) is 0 Å². The highest BCUT2D eigenvalue weighted by atomic mass is 15.4. The molecule has 5 N–H and O–H groups in total. The van der Waals surface area contributed by atoms with E-state index >= 15 is 0 Å². The van der Waals surface area contributed by atoms with Crippen LogP contribution in [0.4, 0.5) is 0 Å². The van der Waals surface area contributed by atoms with Crippen molar-refractivity contribution in [3.8, 4) is 0 Å². The lowest BCUT2D eigenvalue weighted by atomic mass is 10.0. The van der Waals surface area contributed by atoms with Crippen LogP contribution in [0.25, 0.3) is 0 Å². The van der Waals surface area contributed by atoms with Gasteiger partial charge in [0.05, 0.1) is 35.2 Å². The SMILES string of the molecule is C/C=[N+](\C)NC.CC(C)(C)C.CNC(C)=[NH+]C.C[NH2+]C.[CH3+]. The number of hydrazine groups is 1. The van der Waals surface area contributed by atoms with E-state index in [0.717, 1.165) is 5.84 Å². The first-order valence-electron chi connectivity index (χ1n) is 7.16. The molecule has 0 aromatic rings. The maximum absolute atomic E-state index is 2.92. The van der Waals surface area contributed by atoms with Crippen LogP contribution in [0.1, 0.15) is 41.5 Å². The first-order valence-corrected chi connectivity index (χ1v) is 7.16. The summed E-state index contributed by atoms with van der Waals surface area (Å²) in [5, 5.41) is 4.92. The number of quaternary nitrogens is 1. The zero-order valence-electron chi connectivity index (χ0n) is 17.1. The molecular formula is C16H45N5+4. The third-order valence-electron chi connectivity index (χ3n) is 1.49. The molecule has 0 aliphatic heterocycles. The van der Waals surface area contributed by atoms with Crippen LogP contribution in [0, 0.1) is 12.8 Å². The van der Waals surface area contributed by atoms with Crippen molar-refractivity contribution in [3.05, 3.63) is 7.43 Å². The van der Waals surface area contributed by atoms with Crippen molar-refractivity contribution >= 4 is 12.1 Å². The first-order chi connectivity index (χ1) is 9.03. The molecule has 0 unspecified atom stereocenters. The van der Waals surface area contributed by atoms with E-state index in [1.54, 1.807) is 0 Å². The van der Waals surface area contributed by atoms with Gasteiger partial charge in [-0.3, -0.25) is 10.3 Å². The van der Waals surface area contributed by atoms with Gasteiger partial charge in [0, 0.05) is 21.3 Å². The van der Waals surface area contributed by atoms with Crippen molar-refractivity contribution < 1.29 is 15.0 Å². The van der Waals surface area contributed by atoms with E-state index in [9.17, 15) is 0 Å². The van der Waals surface area contributed by atoms with Crippen LogP contribution < -0.4 is 21.1 Å². The van der Waals surface area contributed by atoms with Crippen molar-refractivity contribution in [2.75, 3.05) is 42.3 Å². The van der Waals surface area contributed by atoms with Gasteiger partial charge in [-0.25, -0.2) is 5.43 Å². The lowest BCUT2D eigenvalue weighted by molar-refractivity contribution is -0.597. The smallest absolute Gasteiger partial charge is 0.238 e. The number of nitrogens with two attached hydrogens (primary N) is 1. The fourth-order valence-corrected chi connectivity index (χ4v) is 0.254. The number of hydrazone groups is 1. The summed E-state index contributed by atoms with van der Waals surface area (Å²) in [5.74, 6) is 1.09. The van der Waals surface area contributed by atoms with Crippen molar-refractivity contribution in [1.29, 1.82) is 0 Å². The van der Waals surface area contributed by atoms with E-state index in [1.165, 1.54) is 0 Å². The maximum Gasteiger partial charge on any atom is 0.238 e. The van der Waals surface area contributed by atoms with Crippen LogP contribution in [0.15, 0.2) is 0 Å². The Bertz CT molecular complexity index is 203. The second-order valence-electron chi connectivity index (χ2n) is 5.80. The molecule has 0 spiro atoms. The summed E-state index contributed by atoms with van der Waals surface area (Å²) in [6, 6.07) is 0. The third-order valence-corrected chi connectivity index (χ3v) is 1.49. The van der Waals surface area contributed by atoms with Crippen LogP contribution >= 0.6 is 0 Å². The minimum atomic E-state index is 0. The summed E-state index contributed by atoms with van der Waals surface area (Å²) in [6.45, 7) is 12.7. The minimum absolute atomic E-state index is 0. The van der Waals surface area contributed by atoms with E-state index in [4.69, 9.17) is 0 Å². The van der Waals surface area contributed by atoms with E-state index in [0.29, 0.717) is 5.41 Å². The van der Waals surface area contributed by atoms with Crippen molar-refractivity contribution in [2.45, 2.75) is 41.5 Å². The van der Waals surface area contributed by atoms with Crippen LogP contribution in [-0.2, 0) is 0 Å². The fourth-order valence-electron chi connectivity index (χ4n) is 0.254. The highest BCUT2D eigenvalue weighted by molar-refractivity contribution is 5.72. The Balaban J connectivity index is -0.0000000548. The predicted molar refractivity (Wildman–Crippen MR) is 98.9 cm³/mol. The molecule has 0 aromatic carbocycles. The molecule has 0 aliphatic rings. The molecule has 21 heavy (non-hydrogen) atoms. The van der Waals surface area contributed by atoms with Gasteiger partial charge in [0.1, 0.15) is 0 Å². The summed E-state index contributed by atoms with van der Waals surface area (Å²) < 4.78 is 1.88. The molecular weight excluding hydrogens is 262 g/mol. The Hall–Kier alpha value is -1.23. The van der Waals surface area contributed by atoms with Crippen LogP contribution in [0.3, 0.4) is 0 Å². The zero-order chi connectivity index (χ0) is 17.2. The molecule has 0 fully saturated rings. The Morgan fingerprint density at radius 1 is 1.14 bits per heavy atom. The molecule has 130 valence electrons. The van der Waals surface area contributed by atoms with Gasteiger partial charge in [-0.1, -0.05) is 27.7 Å². The van der Waals surface area contributed by atoms with Gasteiger partial charge in [-0.15, -0.1) is 4.68 Å². The Labute approximate surface area is 135 Å². The van der Waals surface area contributed by atoms with E-state index in [1.807, 2.05) is 72.3 Å². The summed E-state index contributed by atoms with van der Waals surface area (Å²) in [7, 11) is 11.6. The van der Waals surface area contributed by atoms with Crippen LogP contribution in [-0.4, -0.2) is 59.0 Å². The van der Waals surface area contributed by atoms with Crippen LogP contribution in [0.5, 0.6) is 0 Å².